The molecule has 1 saturated heterocycles. The fourth-order valence-corrected chi connectivity index (χ4v) is 4.33. The number of hydrogen-bond donors (Lipinski definition) is 1. The molecule has 2 aliphatic rings. The number of anilines is 1. The highest BCUT2D eigenvalue weighted by atomic mass is 35.5. The van der Waals surface area contributed by atoms with Crippen molar-refractivity contribution in [2.75, 3.05) is 25.0 Å². The molecule has 1 N–H and O–H groups in total. The fourth-order valence-electron chi connectivity index (χ4n) is 4.10. The second-order valence-corrected chi connectivity index (χ2v) is 9.03. The summed E-state index contributed by atoms with van der Waals surface area (Å²) in [5, 5.41) is 12.4. The third-order valence-electron chi connectivity index (χ3n) is 6.08. The van der Waals surface area contributed by atoms with Gasteiger partial charge in [-0.3, -0.25) is 9.69 Å². The van der Waals surface area contributed by atoms with Gasteiger partial charge in [-0.15, -0.1) is 0 Å². The van der Waals surface area contributed by atoms with Crippen LogP contribution >= 0.6 is 11.6 Å². The second kappa shape index (κ2) is 9.88. The number of amides is 3. The summed E-state index contributed by atoms with van der Waals surface area (Å²) < 4.78 is 26.8. The van der Waals surface area contributed by atoms with Crippen molar-refractivity contribution in [2.24, 2.45) is 0 Å². The third-order valence-corrected chi connectivity index (χ3v) is 6.29. The Hall–Kier alpha value is -3.70. The predicted octanol–water partition coefficient (Wildman–Crippen LogP) is 5.84. The standard InChI is InChI=1S/C26H23ClF2N4O2/c1-17-21(11-18-5-8-32(9-6-18)25(35)33-10-7-26(28,29)16-33)13-22(27)14-23(17)31-24(34)20-4-2-3-19(12-20)15-30/h2-4,7,10-14H,5-6,8-9,16H2,1H3,(H,31,34). The van der Waals surface area contributed by atoms with Crippen LogP contribution in [0.3, 0.4) is 0 Å². The van der Waals surface area contributed by atoms with E-state index in [2.05, 4.69) is 5.32 Å². The summed E-state index contributed by atoms with van der Waals surface area (Å²) in [6.07, 6.45) is 5.11. The molecular formula is C26H23ClF2N4O2. The zero-order valence-corrected chi connectivity index (χ0v) is 19.8. The summed E-state index contributed by atoms with van der Waals surface area (Å²) in [5.74, 6) is -3.33. The van der Waals surface area contributed by atoms with Crippen LogP contribution < -0.4 is 5.32 Å². The van der Waals surface area contributed by atoms with Crippen molar-refractivity contribution in [3.05, 3.63) is 81.5 Å². The lowest BCUT2D eigenvalue weighted by atomic mass is 9.98. The van der Waals surface area contributed by atoms with Crippen molar-refractivity contribution >= 4 is 35.3 Å². The van der Waals surface area contributed by atoms with Crippen molar-refractivity contribution in [1.82, 2.24) is 9.80 Å². The molecule has 6 nitrogen and oxygen atoms in total. The van der Waals surface area contributed by atoms with Crippen LogP contribution in [0.1, 0.15) is 39.9 Å². The predicted molar refractivity (Wildman–Crippen MR) is 130 cm³/mol. The molecular weight excluding hydrogens is 474 g/mol. The molecule has 0 radical (unpaired) electrons. The Bertz CT molecular complexity index is 1270. The molecule has 0 saturated carbocycles. The van der Waals surface area contributed by atoms with Gasteiger partial charge in [0.15, 0.2) is 0 Å². The molecule has 0 unspecified atom stereocenters. The second-order valence-electron chi connectivity index (χ2n) is 8.59. The van der Waals surface area contributed by atoms with Gasteiger partial charge in [-0.05, 0) is 61.2 Å². The minimum Gasteiger partial charge on any atom is -0.324 e. The summed E-state index contributed by atoms with van der Waals surface area (Å²) in [4.78, 5) is 27.9. The van der Waals surface area contributed by atoms with Crippen LogP contribution in [0.15, 0.2) is 54.2 Å². The molecule has 2 heterocycles. The zero-order valence-electron chi connectivity index (χ0n) is 19.0. The van der Waals surface area contributed by atoms with E-state index < -0.39 is 18.5 Å². The van der Waals surface area contributed by atoms with Gasteiger partial charge >= 0.3 is 6.03 Å². The van der Waals surface area contributed by atoms with Gasteiger partial charge in [0.2, 0.25) is 0 Å². The van der Waals surface area contributed by atoms with Crippen molar-refractivity contribution in [3.63, 3.8) is 0 Å². The average molecular weight is 497 g/mol. The number of alkyl halides is 2. The van der Waals surface area contributed by atoms with E-state index in [0.29, 0.717) is 47.8 Å². The molecule has 0 atom stereocenters. The number of hydrogen-bond acceptors (Lipinski definition) is 3. The monoisotopic (exact) mass is 496 g/mol. The van der Waals surface area contributed by atoms with Crippen molar-refractivity contribution in [2.45, 2.75) is 25.7 Å². The van der Waals surface area contributed by atoms with Crippen LogP contribution in [-0.2, 0) is 0 Å². The van der Waals surface area contributed by atoms with Crippen LogP contribution in [-0.4, -0.2) is 47.3 Å². The van der Waals surface area contributed by atoms with E-state index in [1.165, 1.54) is 6.07 Å². The number of nitrogens with one attached hydrogen (secondary N) is 1. The Kier molecular flexibility index (Phi) is 6.90. The topological polar surface area (TPSA) is 76.4 Å². The van der Waals surface area contributed by atoms with Gasteiger partial charge in [-0.25, -0.2) is 4.79 Å². The number of carbonyl (C=O) groups is 2. The molecule has 0 aromatic heterocycles. The maximum absolute atomic E-state index is 13.4. The number of nitriles is 1. The van der Waals surface area contributed by atoms with E-state index in [1.54, 1.807) is 29.2 Å². The lowest BCUT2D eigenvalue weighted by molar-refractivity contribution is 0.0458. The van der Waals surface area contributed by atoms with Crippen molar-refractivity contribution in [3.8, 4) is 6.07 Å². The van der Waals surface area contributed by atoms with E-state index in [1.807, 2.05) is 25.1 Å². The number of carbonyl (C=O) groups excluding carboxylic acids is 2. The van der Waals surface area contributed by atoms with Crippen molar-refractivity contribution < 1.29 is 18.4 Å². The maximum Gasteiger partial charge on any atom is 0.324 e. The van der Waals surface area contributed by atoms with Crippen LogP contribution in [0, 0.1) is 18.3 Å². The molecule has 0 spiro atoms. The molecule has 180 valence electrons. The third kappa shape index (κ3) is 5.69. The molecule has 3 amide bonds. The number of halogens is 3. The quantitative estimate of drug-likeness (QED) is 0.580. The summed E-state index contributed by atoms with van der Waals surface area (Å²) in [6, 6.07) is 11.5. The lowest BCUT2D eigenvalue weighted by Gasteiger charge is -2.31. The van der Waals surface area contributed by atoms with Gasteiger partial charge in [0.1, 0.15) is 0 Å². The minimum atomic E-state index is -2.98. The molecule has 9 heteroatoms. The Morgan fingerprint density at radius 3 is 2.60 bits per heavy atom. The molecule has 2 aromatic carbocycles. The molecule has 0 aliphatic carbocycles. The first kappa shape index (κ1) is 24.4. The average Bonchev–Trinajstić information content (AvgIpc) is 3.21. The maximum atomic E-state index is 13.4. The summed E-state index contributed by atoms with van der Waals surface area (Å²) >= 11 is 6.33. The number of benzene rings is 2. The van der Waals surface area contributed by atoms with Crippen molar-refractivity contribution in [1.29, 1.82) is 5.26 Å². The van der Waals surface area contributed by atoms with Gasteiger partial charge in [0.25, 0.3) is 11.8 Å². The first-order chi connectivity index (χ1) is 16.6. The number of rotatable bonds is 3. The molecule has 0 bridgehead atoms. The van der Waals surface area contributed by atoms with Gasteiger partial charge in [0, 0.05) is 41.6 Å². The van der Waals surface area contributed by atoms with E-state index in [4.69, 9.17) is 16.9 Å². The zero-order chi connectivity index (χ0) is 25.2. The van der Waals surface area contributed by atoms with Gasteiger partial charge in [0.05, 0.1) is 18.2 Å². The van der Waals surface area contributed by atoms with E-state index in [-0.39, 0.29) is 5.91 Å². The first-order valence-corrected chi connectivity index (χ1v) is 11.5. The van der Waals surface area contributed by atoms with Gasteiger partial charge in [-0.2, -0.15) is 14.0 Å². The molecule has 2 aliphatic heterocycles. The van der Waals surface area contributed by atoms with Crippen LogP contribution in [0.25, 0.3) is 6.08 Å². The molecule has 1 fully saturated rings. The Labute approximate surface area is 207 Å². The minimum absolute atomic E-state index is 0.348. The Balaban J connectivity index is 1.45. The van der Waals surface area contributed by atoms with E-state index in [9.17, 15) is 18.4 Å². The highest BCUT2D eigenvalue weighted by molar-refractivity contribution is 6.31. The summed E-state index contributed by atoms with van der Waals surface area (Å²) in [6.45, 7) is 2.11. The van der Waals surface area contributed by atoms with Crippen LogP contribution in [0.2, 0.25) is 5.02 Å². The number of urea groups is 1. The normalized spacial score (nSPS) is 16.7. The van der Waals surface area contributed by atoms with Gasteiger partial charge < -0.3 is 10.2 Å². The highest BCUT2D eigenvalue weighted by Gasteiger charge is 2.37. The van der Waals surface area contributed by atoms with Gasteiger partial charge in [-0.1, -0.05) is 29.3 Å². The number of likely N-dealkylation sites (tertiary alicyclic amines) is 1. The molecule has 35 heavy (non-hydrogen) atoms. The highest BCUT2D eigenvalue weighted by Crippen LogP contribution is 2.30. The Morgan fingerprint density at radius 1 is 1.20 bits per heavy atom. The Morgan fingerprint density at radius 2 is 1.94 bits per heavy atom. The summed E-state index contributed by atoms with van der Waals surface area (Å²) in [5.41, 5.74) is 4.09. The number of piperidine rings is 1. The van der Waals surface area contributed by atoms with Crippen LogP contribution in [0.5, 0.6) is 0 Å². The first-order valence-electron chi connectivity index (χ1n) is 11.1. The SMILES string of the molecule is Cc1c(C=C2CCN(C(=O)N3C=CC(F)(F)C3)CC2)cc(Cl)cc1NC(=O)c1cccc(C#N)c1. The molecule has 4 rings (SSSR count). The van der Waals surface area contributed by atoms with E-state index >= 15 is 0 Å². The largest absolute Gasteiger partial charge is 0.324 e. The van der Waals surface area contributed by atoms with E-state index in [0.717, 1.165) is 33.9 Å². The lowest BCUT2D eigenvalue weighted by Crippen LogP contribution is -2.44. The van der Waals surface area contributed by atoms with Crippen LogP contribution in [0.4, 0.5) is 19.3 Å². The summed E-state index contributed by atoms with van der Waals surface area (Å²) in [7, 11) is 0. The smallest absolute Gasteiger partial charge is 0.324 e. The fraction of sp³-hybridized carbons (Fsp3) is 0.269. The number of nitrogens with zero attached hydrogens (tertiary/aromatic N) is 3. The molecule has 2 aromatic rings.